The van der Waals surface area contributed by atoms with Gasteiger partial charge in [-0.3, -0.25) is 10.1 Å². The van der Waals surface area contributed by atoms with Crippen molar-refractivity contribution in [2.24, 2.45) is 0 Å². The van der Waals surface area contributed by atoms with Crippen molar-refractivity contribution < 1.29 is 33.4 Å². The van der Waals surface area contributed by atoms with Crippen molar-refractivity contribution in [3.05, 3.63) is 10.1 Å². The van der Waals surface area contributed by atoms with Gasteiger partial charge in [0.25, 0.3) is 12.1 Å². The molecule has 1 saturated carbocycles. The standard InChI is InChI=1S/C6H10ClNO6/c9-7(10,11)14-6-4-2-1-3-5(6)8(12)13/h5-6H,1-4H2/t5-,6-/m1/s1. The maximum absolute atomic E-state index is 10.5. The molecule has 0 unspecified atom stereocenters. The predicted molar refractivity (Wildman–Crippen MR) is 34.1 cm³/mol. The fourth-order valence-corrected chi connectivity index (χ4v) is 2.05. The molecule has 1 aliphatic rings. The van der Waals surface area contributed by atoms with Gasteiger partial charge in [-0.05, 0) is 19.3 Å². The van der Waals surface area contributed by atoms with Gasteiger partial charge in [0.05, 0.1) is 14.5 Å². The van der Waals surface area contributed by atoms with Crippen molar-refractivity contribution >= 4 is 0 Å². The zero-order valence-corrected chi connectivity index (χ0v) is 8.01. The second kappa shape index (κ2) is 4.37. The first kappa shape index (κ1) is 11.6. The molecule has 8 heteroatoms. The maximum Gasteiger partial charge on any atom is 0.279 e. The summed E-state index contributed by atoms with van der Waals surface area (Å²) >= 11 is 0. The van der Waals surface area contributed by atoms with Gasteiger partial charge in [0.2, 0.25) is 0 Å². The van der Waals surface area contributed by atoms with E-state index in [0.29, 0.717) is 12.8 Å². The monoisotopic (exact) mass is 227 g/mol. The van der Waals surface area contributed by atoms with E-state index in [9.17, 15) is 24.1 Å². The molecule has 0 aliphatic heterocycles. The van der Waals surface area contributed by atoms with E-state index in [-0.39, 0.29) is 12.8 Å². The van der Waals surface area contributed by atoms with Gasteiger partial charge in [-0.25, -0.2) is 0 Å². The van der Waals surface area contributed by atoms with Crippen LogP contribution < -0.4 is 14.0 Å². The van der Waals surface area contributed by atoms with E-state index in [2.05, 4.69) is 4.29 Å². The summed E-state index contributed by atoms with van der Waals surface area (Å²) in [4.78, 5) is 9.88. The van der Waals surface area contributed by atoms with Crippen LogP contribution in [0.5, 0.6) is 0 Å². The molecular formula is C6H10ClNO6. The summed E-state index contributed by atoms with van der Waals surface area (Å²) in [6.07, 6.45) is 0.674. The molecule has 0 aromatic heterocycles. The summed E-state index contributed by atoms with van der Waals surface area (Å²) in [6.45, 7) is 0. The topological polar surface area (TPSA) is 122 Å². The zero-order chi connectivity index (χ0) is 10.8. The van der Waals surface area contributed by atoms with Crippen LogP contribution in [0.1, 0.15) is 25.7 Å². The SMILES string of the molecule is O=[N+]([O-])[C@@H]1CCCC[C@H]1O[Cl+3]([O-])([O-])[O-]. The first-order valence-electron chi connectivity index (χ1n) is 4.13. The molecule has 0 radical (unpaired) electrons. The fraction of sp³-hybridized carbons (Fsp3) is 1.00. The zero-order valence-electron chi connectivity index (χ0n) is 7.26. The number of nitrogens with zero attached hydrogens (tertiary/aromatic N) is 1. The number of rotatable bonds is 3. The van der Waals surface area contributed by atoms with Crippen molar-refractivity contribution in [3.8, 4) is 0 Å². The van der Waals surface area contributed by atoms with E-state index in [1.165, 1.54) is 0 Å². The molecule has 0 N–H and O–H groups in total. The Hall–Kier alpha value is -0.470. The minimum atomic E-state index is -4.57. The van der Waals surface area contributed by atoms with E-state index in [4.69, 9.17) is 0 Å². The van der Waals surface area contributed by atoms with Crippen LogP contribution in [0.25, 0.3) is 0 Å². The van der Waals surface area contributed by atoms with Gasteiger partial charge < -0.3 is 0 Å². The highest BCUT2D eigenvalue weighted by Gasteiger charge is 2.44. The third-order valence-corrected chi connectivity index (χ3v) is 2.61. The molecule has 0 heterocycles. The van der Waals surface area contributed by atoms with Crippen LogP contribution in [0.4, 0.5) is 0 Å². The van der Waals surface area contributed by atoms with E-state index < -0.39 is 27.3 Å². The largest absolute Gasteiger partial charge is 0.279 e. The lowest BCUT2D eigenvalue weighted by Crippen LogP contribution is -2.63. The summed E-state index contributed by atoms with van der Waals surface area (Å²) in [5, 5.41) is 10.5. The summed E-state index contributed by atoms with van der Waals surface area (Å²) in [5.41, 5.74) is 0. The molecule has 1 rings (SSSR count). The average Bonchev–Trinajstić information content (AvgIpc) is 2.01. The molecule has 82 valence electrons. The summed E-state index contributed by atoms with van der Waals surface area (Å²) in [5.74, 6) is 0. The quantitative estimate of drug-likeness (QED) is 0.388. The maximum atomic E-state index is 10.5. The number of hydrogen-bond acceptors (Lipinski definition) is 6. The fourth-order valence-electron chi connectivity index (χ4n) is 1.56. The van der Waals surface area contributed by atoms with Crippen LogP contribution in [-0.4, -0.2) is 17.1 Å². The molecule has 0 amide bonds. The Balaban J connectivity index is 2.59. The Morgan fingerprint density at radius 2 is 1.79 bits per heavy atom. The van der Waals surface area contributed by atoms with Gasteiger partial charge in [0, 0.05) is 11.3 Å². The van der Waals surface area contributed by atoms with Gasteiger partial charge in [0.1, 0.15) is 0 Å². The second-order valence-corrected chi connectivity index (χ2v) is 4.08. The molecule has 1 aliphatic carbocycles. The Labute approximate surface area is 82.2 Å². The van der Waals surface area contributed by atoms with E-state index >= 15 is 0 Å². The lowest BCUT2D eigenvalue weighted by atomic mass is 9.93. The summed E-state index contributed by atoms with van der Waals surface area (Å²) in [6, 6.07) is -1.08. The van der Waals surface area contributed by atoms with Crippen molar-refractivity contribution in [2.45, 2.75) is 37.8 Å². The molecule has 0 spiro atoms. The summed E-state index contributed by atoms with van der Waals surface area (Å²) < 4.78 is 34.8. The molecular weight excluding hydrogens is 218 g/mol. The van der Waals surface area contributed by atoms with Crippen LogP contribution in [0, 0.1) is 20.4 Å². The molecule has 0 aromatic carbocycles. The summed E-state index contributed by atoms with van der Waals surface area (Å²) in [7, 11) is -4.57. The van der Waals surface area contributed by atoms with E-state index in [1.807, 2.05) is 0 Å². The van der Waals surface area contributed by atoms with Crippen LogP contribution in [0.15, 0.2) is 0 Å². The first-order chi connectivity index (χ1) is 6.40. The second-order valence-electron chi connectivity index (χ2n) is 3.14. The van der Waals surface area contributed by atoms with Crippen molar-refractivity contribution in [1.29, 1.82) is 0 Å². The highest BCUT2D eigenvalue weighted by Crippen LogP contribution is 2.24. The first-order valence-corrected chi connectivity index (χ1v) is 5.36. The van der Waals surface area contributed by atoms with Crippen LogP contribution in [-0.2, 0) is 4.29 Å². The molecule has 0 bridgehead atoms. The van der Waals surface area contributed by atoms with Gasteiger partial charge >= 0.3 is 0 Å². The Bertz CT molecular complexity index is 217. The van der Waals surface area contributed by atoms with Gasteiger partial charge in [-0.15, -0.1) is 0 Å². The lowest BCUT2D eigenvalue weighted by molar-refractivity contribution is -1.92. The van der Waals surface area contributed by atoms with E-state index in [1.54, 1.807) is 0 Å². The van der Waals surface area contributed by atoms with Crippen molar-refractivity contribution in [1.82, 2.24) is 0 Å². The molecule has 0 saturated heterocycles. The van der Waals surface area contributed by atoms with Gasteiger partial charge in [-0.1, -0.05) is 0 Å². The Morgan fingerprint density at radius 1 is 1.21 bits per heavy atom. The van der Waals surface area contributed by atoms with Crippen molar-refractivity contribution in [2.75, 3.05) is 0 Å². The number of hydrogen-bond donors (Lipinski definition) is 0. The minimum absolute atomic E-state index is 0.236. The average molecular weight is 228 g/mol. The number of halogens is 1. The van der Waals surface area contributed by atoms with Crippen LogP contribution in [0.3, 0.4) is 0 Å². The van der Waals surface area contributed by atoms with Crippen LogP contribution in [0.2, 0.25) is 0 Å². The highest BCUT2D eigenvalue weighted by molar-refractivity contribution is 4.74. The Morgan fingerprint density at radius 3 is 2.29 bits per heavy atom. The minimum Gasteiger partial charge on any atom is -0.264 e. The molecule has 7 nitrogen and oxygen atoms in total. The van der Waals surface area contributed by atoms with Crippen LogP contribution >= 0.6 is 0 Å². The molecule has 2 atom stereocenters. The highest BCUT2D eigenvalue weighted by atomic mass is 35.7. The predicted octanol–water partition coefficient (Wildman–Crippen LogP) is -2.51. The third kappa shape index (κ3) is 3.35. The Kier molecular flexibility index (Phi) is 3.62. The van der Waals surface area contributed by atoms with Gasteiger partial charge in [-0.2, -0.15) is 14.0 Å². The molecule has 0 aromatic rings. The van der Waals surface area contributed by atoms with E-state index in [0.717, 1.165) is 0 Å². The smallest absolute Gasteiger partial charge is 0.264 e. The lowest BCUT2D eigenvalue weighted by Gasteiger charge is -2.23. The molecule has 14 heavy (non-hydrogen) atoms. The third-order valence-electron chi connectivity index (χ3n) is 2.16. The van der Waals surface area contributed by atoms with Gasteiger partial charge in [0.15, 0.2) is 0 Å². The molecule has 1 fully saturated rings. The number of nitro groups is 1. The van der Waals surface area contributed by atoms with Crippen molar-refractivity contribution in [3.63, 3.8) is 0 Å². The normalized spacial score (nSPS) is 28.8.